The lowest BCUT2D eigenvalue weighted by atomic mass is 10.6. The summed E-state index contributed by atoms with van der Waals surface area (Å²) in [5.41, 5.74) is 0.981. The molecule has 0 N–H and O–H groups in total. The molecule has 1 rings (SSSR count). The Morgan fingerprint density at radius 3 is 2.67 bits per heavy atom. The van der Waals surface area contributed by atoms with Gasteiger partial charge in [0, 0.05) is 6.20 Å². The molecule has 2 heteroatoms. The molecule has 0 amide bonds. The second-order valence-electron chi connectivity index (χ2n) is 1.16. The van der Waals surface area contributed by atoms with Gasteiger partial charge in [0.2, 0.25) is 0 Å². The summed E-state index contributed by atoms with van der Waals surface area (Å²) < 4.78 is 0. The smallest absolute Gasteiger partial charge is 0.115 e. The van der Waals surface area contributed by atoms with Gasteiger partial charge in [-0.05, 0) is 6.92 Å². The molecule has 1 heterocycles. The van der Waals surface area contributed by atoms with E-state index in [-0.39, 0.29) is 0 Å². The molecule has 1 radical (unpaired) electrons. The maximum Gasteiger partial charge on any atom is 0.115 e. The molecule has 0 bridgehead atoms. The minimum atomic E-state index is 0.981. The van der Waals surface area contributed by atoms with Crippen LogP contribution in [0.4, 0.5) is 0 Å². The highest BCUT2D eigenvalue weighted by Crippen LogP contribution is 1.93. The van der Waals surface area contributed by atoms with Crippen LogP contribution in [0.2, 0.25) is 0 Å². The molecule has 31 valence electrons. The number of hydrogen-bond acceptors (Lipinski definition) is 1. The fourth-order valence-corrected chi connectivity index (χ4v) is 0.299. The van der Waals surface area contributed by atoms with Crippen LogP contribution in [0.25, 0.3) is 0 Å². The molecule has 0 unspecified atom stereocenters. The molecular weight excluding hydrogens is 76.1 g/mol. The quantitative estimate of drug-likeness (QED) is 0.406. The lowest BCUT2D eigenvalue weighted by Crippen LogP contribution is -1.79. The van der Waals surface area contributed by atoms with Crippen LogP contribution >= 0.6 is 0 Å². The number of nitrogens with zero attached hydrogens (tertiary/aromatic N) is 2. The van der Waals surface area contributed by atoms with E-state index in [1.54, 1.807) is 6.20 Å². The Morgan fingerprint density at radius 2 is 2.50 bits per heavy atom. The van der Waals surface area contributed by atoms with Crippen LogP contribution < -0.4 is 5.32 Å². The van der Waals surface area contributed by atoms with Gasteiger partial charge < -0.3 is 0 Å². The largest absolute Gasteiger partial charge is 0.243 e. The van der Waals surface area contributed by atoms with E-state index in [1.807, 2.05) is 6.92 Å². The van der Waals surface area contributed by atoms with Gasteiger partial charge in [-0.3, -0.25) is 0 Å². The van der Waals surface area contributed by atoms with Gasteiger partial charge in [0.15, 0.2) is 0 Å². The van der Waals surface area contributed by atoms with Crippen molar-refractivity contribution in [1.29, 1.82) is 0 Å². The molecule has 6 heavy (non-hydrogen) atoms. The summed E-state index contributed by atoms with van der Waals surface area (Å²) in [7, 11) is 0. The zero-order valence-corrected chi connectivity index (χ0v) is 3.55. The Kier molecular flexibility index (Phi) is 0.638. The van der Waals surface area contributed by atoms with Gasteiger partial charge in [0.05, 0.1) is 5.70 Å². The van der Waals surface area contributed by atoms with Crippen molar-refractivity contribution in [2.45, 2.75) is 6.92 Å². The number of aliphatic imine (C=N–C) groups is 1. The summed E-state index contributed by atoms with van der Waals surface area (Å²) in [6.45, 7) is 1.91. The molecule has 0 fully saturated rings. The first kappa shape index (κ1) is 3.40. The van der Waals surface area contributed by atoms with E-state index >= 15 is 0 Å². The molecule has 0 atom stereocenters. The van der Waals surface area contributed by atoms with E-state index in [2.05, 4.69) is 10.3 Å². The Hall–Kier alpha value is -0.790. The predicted octanol–water partition coefficient (Wildman–Crippen LogP) is 0.494. The van der Waals surface area contributed by atoms with Crippen LogP contribution in [-0.2, 0) is 0 Å². The summed E-state index contributed by atoms with van der Waals surface area (Å²) in [6, 6.07) is 0. The normalized spacial score (nSPS) is 17.2. The molecule has 0 saturated heterocycles. The highest BCUT2D eigenvalue weighted by Gasteiger charge is 1.86. The van der Waals surface area contributed by atoms with Crippen LogP contribution in [0.15, 0.2) is 16.9 Å². The monoisotopic (exact) mass is 81.0 g/mol. The van der Waals surface area contributed by atoms with Gasteiger partial charge in [0.1, 0.15) is 6.34 Å². The molecule has 0 aliphatic carbocycles. The molecule has 0 aromatic rings. The Labute approximate surface area is 36.6 Å². The summed E-state index contributed by atoms with van der Waals surface area (Å²) >= 11 is 0. The standard InChI is InChI=1S/C4H5N2/c1-4-2-5-3-6-4/h2-3H,1H3. The minimum Gasteiger partial charge on any atom is -0.243 e. The SMILES string of the molecule is CC1=C[N]C=N1. The number of allylic oxidation sites excluding steroid dienone is 1. The van der Waals surface area contributed by atoms with E-state index in [0.717, 1.165) is 5.70 Å². The Morgan fingerprint density at radius 1 is 1.67 bits per heavy atom. The van der Waals surface area contributed by atoms with Crippen molar-refractivity contribution in [2.75, 3.05) is 0 Å². The van der Waals surface area contributed by atoms with Gasteiger partial charge in [-0.25, -0.2) is 10.3 Å². The lowest BCUT2D eigenvalue weighted by Gasteiger charge is -1.70. The molecule has 1 aliphatic heterocycles. The van der Waals surface area contributed by atoms with Crippen molar-refractivity contribution >= 4 is 6.34 Å². The fraction of sp³-hybridized carbons (Fsp3) is 0.250. The van der Waals surface area contributed by atoms with Gasteiger partial charge in [-0.15, -0.1) is 0 Å². The van der Waals surface area contributed by atoms with Crippen LogP contribution in [0.5, 0.6) is 0 Å². The molecular formula is C4H5N2. The Bertz CT molecular complexity index is 99.4. The molecule has 2 nitrogen and oxygen atoms in total. The van der Waals surface area contributed by atoms with Crippen LogP contribution in [-0.4, -0.2) is 6.34 Å². The molecule has 0 aromatic carbocycles. The molecule has 0 aromatic heterocycles. The maximum atomic E-state index is 3.81. The van der Waals surface area contributed by atoms with Gasteiger partial charge in [-0.1, -0.05) is 0 Å². The predicted molar refractivity (Wildman–Crippen MR) is 24.4 cm³/mol. The summed E-state index contributed by atoms with van der Waals surface area (Å²) in [4.78, 5) is 3.81. The number of hydrogen-bond donors (Lipinski definition) is 0. The van der Waals surface area contributed by atoms with E-state index in [9.17, 15) is 0 Å². The highest BCUT2D eigenvalue weighted by atomic mass is 15.0. The van der Waals surface area contributed by atoms with E-state index in [4.69, 9.17) is 0 Å². The maximum absolute atomic E-state index is 3.81. The first-order valence-electron chi connectivity index (χ1n) is 1.79. The lowest BCUT2D eigenvalue weighted by molar-refractivity contribution is 1.29. The Balaban J connectivity index is 2.68. The third-order valence-electron chi connectivity index (χ3n) is 0.589. The first-order valence-corrected chi connectivity index (χ1v) is 1.79. The molecule has 1 aliphatic rings. The van der Waals surface area contributed by atoms with E-state index < -0.39 is 0 Å². The minimum absolute atomic E-state index is 0.981. The van der Waals surface area contributed by atoms with Crippen LogP contribution in [0.1, 0.15) is 6.92 Å². The average Bonchev–Trinajstić information content (AvgIpc) is 1.86. The van der Waals surface area contributed by atoms with Crippen molar-refractivity contribution in [1.82, 2.24) is 5.32 Å². The van der Waals surface area contributed by atoms with Crippen molar-refractivity contribution < 1.29 is 0 Å². The summed E-state index contributed by atoms with van der Waals surface area (Å²) in [5.74, 6) is 0. The second-order valence-corrected chi connectivity index (χ2v) is 1.16. The van der Waals surface area contributed by atoms with E-state index in [1.165, 1.54) is 6.34 Å². The fourth-order valence-electron chi connectivity index (χ4n) is 0.299. The average molecular weight is 81.1 g/mol. The summed E-state index contributed by atoms with van der Waals surface area (Å²) in [5, 5.41) is 3.71. The molecule has 0 saturated carbocycles. The van der Waals surface area contributed by atoms with E-state index in [0.29, 0.717) is 0 Å². The van der Waals surface area contributed by atoms with Gasteiger partial charge >= 0.3 is 0 Å². The topological polar surface area (TPSA) is 26.5 Å². The zero-order chi connectivity index (χ0) is 4.41. The van der Waals surface area contributed by atoms with Crippen molar-refractivity contribution in [3.8, 4) is 0 Å². The zero-order valence-electron chi connectivity index (χ0n) is 3.55. The van der Waals surface area contributed by atoms with Crippen molar-refractivity contribution in [3.63, 3.8) is 0 Å². The summed E-state index contributed by atoms with van der Waals surface area (Å²) in [6.07, 6.45) is 3.26. The van der Waals surface area contributed by atoms with Crippen LogP contribution in [0, 0.1) is 0 Å². The third kappa shape index (κ3) is 0.407. The molecule has 0 spiro atoms. The first-order chi connectivity index (χ1) is 2.89. The second kappa shape index (κ2) is 1.12. The van der Waals surface area contributed by atoms with Crippen molar-refractivity contribution in [2.24, 2.45) is 4.99 Å². The number of rotatable bonds is 0. The van der Waals surface area contributed by atoms with Crippen LogP contribution in [0.3, 0.4) is 0 Å². The van der Waals surface area contributed by atoms with Gasteiger partial charge in [-0.2, -0.15) is 0 Å². The van der Waals surface area contributed by atoms with Gasteiger partial charge in [0.25, 0.3) is 0 Å². The highest BCUT2D eigenvalue weighted by molar-refractivity contribution is 5.60. The third-order valence-corrected chi connectivity index (χ3v) is 0.589. The van der Waals surface area contributed by atoms with Crippen molar-refractivity contribution in [3.05, 3.63) is 11.9 Å².